The second kappa shape index (κ2) is 3.85. The molecule has 1 N–H and O–H groups in total. The van der Waals surface area contributed by atoms with Gasteiger partial charge in [-0.1, -0.05) is 20.3 Å². The zero-order valence-electron chi connectivity index (χ0n) is 4.78. The van der Waals surface area contributed by atoms with Gasteiger partial charge in [-0.05, 0) is 18.6 Å². The SMILES string of the molecule is [CH2]CC(C)CC=N. The van der Waals surface area contributed by atoms with Crippen molar-refractivity contribution in [3.8, 4) is 0 Å². The van der Waals surface area contributed by atoms with E-state index in [-0.39, 0.29) is 0 Å². The minimum atomic E-state index is 0.595. The summed E-state index contributed by atoms with van der Waals surface area (Å²) in [6, 6.07) is 0. The van der Waals surface area contributed by atoms with E-state index in [9.17, 15) is 0 Å². The van der Waals surface area contributed by atoms with Crippen LogP contribution in [0.15, 0.2) is 0 Å². The predicted molar refractivity (Wildman–Crippen MR) is 32.5 cm³/mol. The second-order valence-corrected chi connectivity index (χ2v) is 1.83. The van der Waals surface area contributed by atoms with Gasteiger partial charge >= 0.3 is 0 Å². The maximum atomic E-state index is 6.68. The molecule has 1 radical (unpaired) electrons. The van der Waals surface area contributed by atoms with Crippen LogP contribution in [0.5, 0.6) is 0 Å². The summed E-state index contributed by atoms with van der Waals surface area (Å²) in [4.78, 5) is 0. The third-order valence-electron chi connectivity index (χ3n) is 1.01. The molecule has 0 rings (SSSR count). The summed E-state index contributed by atoms with van der Waals surface area (Å²) in [6.07, 6.45) is 3.26. The number of nitrogens with one attached hydrogen (secondary N) is 1. The third kappa shape index (κ3) is 3.50. The zero-order valence-corrected chi connectivity index (χ0v) is 4.78. The summed E-state index contributed by atoms with van der Waals surface area (Å²) in [5.41, 5.74) is 0. The van der Waals surface area contributed by atoms with Crippen LogP contribution >= 0.6 is 0 Å². The molecule has 0 aromatic carbocycles. The van der Waals surface area contributed by atoms with Crippen molar-refractivity contribution < 1.29 is 0 Å². The van der Waals surface area contributed by atoms with E-state index in [4.69, 9.17) is 5.41 Å². The first-order valence-corrected chi connectivity index (χ1v) is 2.59. The van der Waals surface area contributed by atoms with E-state index in [1.165, 1.54) is 6.21 Å². The van der Waals surface area contributed by atoms with Crippen molar-refractivity contribution in [3.63, 3.8) is 0 Å². The smallest absolute Gasteiger partial charge is 0.00451 e. The van der Waals surface area contributed by atoms with E-state index in [1.54, 1.807) is 0 Å². The molecule has 0 amide bonds. The first-order chi connectivity index (χ1) is 3.31. The lowest BCUT2D eigenvalue weighted by Crippen LogP contribution is -1.90. The lowest BCUT2D eigenvalue weighted by Gasteiger charge is -1.99. The van der Waals surface area contributed by atoms with Crippen molar-refractivity contribution in [1.82, 2.24) is 0 Å². The minimum Gasteiger partial charge on any atom is -0.313 e. The molecule has 0 fully saturated rings. The van der Waals surface area contributed by atoms with E-state index >= 15 is 0 Å². The molecule has 0 heterocycles. The molecule has 1 atom stereocenters. The van der Waals surface area contributed by atoms with E-state index in [0.29, 0.717) is 5.92 Å². The van der Waals surface area contributed by atoms with Gasteiger partial charge < -0.3 is 5.41 Å². The Morgan fingerprint density at radius 3 is 2.57 bits per heavy atom. The summed E-state index contributed by atoms with van der Waals surface area (Å²) in [6.45, 7) is 5.80. The molecule has 41 valence electrons. The molecule has 0 saturated heterocycles. The Kier molecular flexibility index (Phi) is 3.67. The molecule has 0 spiro atoms. The minimum absolute atomic E-state index is 0.595. The average molecular weight is 98.2 g/mol. The van der Waals surface area contributed by atoms with Gasteiger partial charge in [-0.3, -0.25) is 0 Å². The molecular formula is C6H12N. The highest BCUT2D eigenvalue weighted by molar-refractivity contribution is 5.53. The highest BCUT2D eigenvalue weighted by Crippen LogP contribution is 2.01. The number of rotatable bonds is 3. The van der Waals surface area contributed by atoms with Crippen LogP contribution in [0.4, 0.5) is 0 Å². The normalized spacial score (nSPS) is 13.4. The quantitative estimate of drug-likeness (QED) is 0.521. The van der Waals surface area contributed by atoms with Crippen LogP contribution in [0.1, 0.15) is 19.8 Å². The topological polar surface area (TPSA) is 23.9 Å². The molecule has 0 aliphatic carbocycles. The Hall–Kier alpha value is -0.330. The van der Waals surface area contributed by atoms with Crippen molar-refractivity contribution in [2.24, 2.45) is 5.92 Å². The Morgan fingerprint density at radius 1 is 1.86 bits per heavy atom. The molecule has 0 aliphatic rings. The van der Waals surface area contributed by atoms with Crippen LogP contribution in [-0.2, 0) is 0 Å². The van der Waals surface area contributed by atoms with Crippen LogP contribution < -0.4 is 0 Å². The highest BCUT2D eigenvalue weighted by atomic mass is 14.3. The standard InChI is InChI=1S/C6H12N/c1-3-6(2)4-5-7/h5-7H,1,3-4H2,2H3. The molecule has 0 saturated carbocycles. The summed E-state index contributed by atoms with van der Waals surface area (Å²) in [5.74, 6) is 0.595. The van der Waals surface area contributed by atoms with Gasteiger partial charge in [0.05, 0.1) is 0 Å². The predicted octanol–water partition coefficient (Wildman–Crippen LogP) is 1.89. The van der Waals surface area contributed by atoms with Gasteiger partial charge in [0.2, 0.25) is 0 Å². The monoisotopic (exact) mass is 98.1 g/mol. The van der Waals surface area contributed by atoms with Gasteiger partial charge in [-0.25, -0.2) is 0 Å². The van der Waals surface area contributed by atoms with E-state index < -0.39 is 0 Å². The van der Waals surface area contributed by atoms with Gasteiger partial charge in [-0.2, -0.15) is 0 Å². The molecule has 1 heteroatoms. The molecule has 1 unspecified atom stereocenters. The summed E-state index contributed by atoms with van der Waals surface area (Å²) in [5, 5.41) is 6.68. The van der Waals surface area contributed by atoms with Crippen molar-refractivity contribution in [2.75, 3.05) is 0 Å². The molecule has 0 bridgehead atoms. The van der Waals surface area contributed by atoms with Crippen LogP contribution in [0.2, 0.25) is 0 Å². The van der Waals surface area contributed by atoms with Crippen LogP contribution in [0.25, 0.3) is 0 Å². The van der Waals surface area contributed by atoms with Crippen LogP contribution in [-0.4, -0.2) is 6.21 Å². The summed E-state index contributed by atoms with van der Waals surface area (Å²) in [7, 11) is 0. The molecule has 0 aromatic heterocycles. The van der Waals surface area contributed by atoms with Crippen LogP contribution in [0, 0.1) is 18.3 Å². The first-order valence-electron chi connectivity index (χ1n) is 2.59. The number of hydrogen-bond donors (Lipinski definition) is 1. The molecular weight excluding hydrogens is 86.1 g/mol. The lowest BCUT2D eigenvalue weighted by atomic mass is 10.1. The molecule has 0 aromatic rings. The Balaban J connectivity index is 2.98. The summed E-state index contributed by atoms with van der Waals surface area (Å²) >= 11 is 0. The van der Waals surface area contributed by atoms with Crippen molar-refractivity contribution in [1.29, 1.82) is 5.41 Å². The van der Waals surface area contributed by atoms with Gasteiger partial charge in [0.1, 0.15) is 0 Å². The highest BCUT2D eigenvalue weighted by Gasteiger charge is 1.91. The maximum Gasteiger partial charge on any atom is -0.00451 e. The third-order valence-corrected chi connectivity index (χ3v) is 1.01. The van der Waals surface area contributed by atoms with Crippen molar-refractivity contribution in [2.45, 2.75) is 19.8 Å². The fourth-order valence-corrected chi connectivity index (χ4v) is 0.319. The van der Waals surface area contributed by atoms with Gasteiger partial charge in [0, 0.05) is 0 Å². The largest absolute Gasteiger partial charge is 0.313 e. The molecule has 7 heavy (non-hydrogen) atoms. The van der Waals surface area contributed by atoms with E-state index in [1.807, 2.05) is 0 Å². The molecule has 1 nitrogen and oxygen atoms in total. The Morgan fingerprint density at radius 2 is 2.43 bits per heavy atom. The van der Waals surface area contributed by atoms with Gasteiger partial charge in [0.15, 0.2) is 0 Å². The Labute approximate surface area is 45.2 Å². The van der Waals surface area contributed by atoms with Gasteiger partial charge in [-0.15, -0.1) is 0 Å². The maximum absolute atomic E-state index is 6.68. The van der Waals surface area contributed by atoms with E-state index in [0.717, 1.165) is 12.8 Å². The fraction of sp³-hybridized carbons (Fsp3) is 0.667. The van der Waals surface area contributed by atoms with Crippen LogP contribution in [0.3, 0.4) is 0 Å². The lowest BCUT2D eigenvalue weighted by molar-refractivity contribution is 0.622. The van der Waals surface area contributed by atoms with E-state index in [2.05, 4.69) is 13.8 Å². The van der Waals surface area contributed by atoms with Crippen molar-refractivity contribution in [3.05, 3.63) is 6.92 Å². The average Bonchev–Trinajstić information content (AvgIpc) is 1.68. The van der Waals surface area contributed by atoms with Gasteiger partial charge in [0.25, 0.3) is 0 Å². The van der Waals surface area contributed by atoms with Crippen molar-refractivity contribution >= 4 is 6.21 Å². The second-order valence-electron chi connectivity index (χ2n) is 1.83. The summed E-state index contributed by atoms with van der Waals surface area (Å²) < 4.78 is 0. The molecule has 0 aliphatic heterocycles. The fourth-order valence-electron chi connectivity index (χ4n) is 0.319. The first kappa shape index (κ1) is 6.67. The number of hydrogen-bond acceptors (Lipinski definition) is 1. The zero-order chi connectivity index (χ0) is 5.70. The Bertz CT molecular complexity index is 50.1.